The number of nitrogens with one attached hydrogen (secondary N) is 2. The van der Waals surface area contributed by atoms with Crippen LogP contribution in [0, 0.1) is 0 Å². The Bertz CT molecular complexity index is 1080. The van der Waals surface area contributed by atoms with Crippen molar-refractivity contribution in [2.24, 2.45) is 0 Å². The number of ether oxygens (including phenoxy) is 1. The molecule has 0 saturated carbocycles. The standard InChI is InChI=1S/C22H30F3N3O4S/c1-32-14-13-28-19-8-4-3-7-17(19)18-15-16(9-10-20(18)28)21(29)26-11-5-2-6-12-27-33(30,31)22(23,24)25/h9-10,15,27H,2-8,11-14H2,1H3,(H,26,29). The van der Waals surface area contributed by atoms with Crippen LogP contribution in [0.1, 0.15) is 53.7 Å². The highest BCUT2D eigenvalue weighted by atomic mass is 32.2. The molecule has 0 atom stereocenters. The van der Waals surface area contributed by atoms with Gasteiger partial charge in [-0.2, -0.15) is 13.2 Å². The van der Waals surface area contributed by atoms with Crippen LogP contribution in [0.2, 0.25) is 0 Å². The fourth-order valence-corrected chi connectivity index (χ4v) is 4.81. The number of halogens is 3. The summed E-state index contributed by atoms with van der Waals surface area (Å²) in [6.07, 6.45) is 5.56. The second kappa shape index (κ2) is 10.9. The van der Waals surface area contributed by atoms with E-state index < -0.39 is 15.5 Å². The van der Waals surface area contributed by atoms with Crippen LogP contribution in [0.5, 0.6) is 0 Å². The minimum atomic E-state index is -5.30. The zero-order valence-corrected chi connectivity index (χ0v) is 19.4. The highest BCUT2D eigenvalue weighted by molar-refractivity contribution is 7.90. The monoisotopic (exact) mass is 489 g/mol. The van der Waals surface area contributed by atoms with E-state index in [2.05, 4.69) is 9.88 Å². The zero-order valence-electron chi connectivity index (χ0n) is 18.6. The van der Waals surface area contributed by atoms with Crippen molar-refractivity contribution < 1.29 is 31.1 Å². The molecule has 0 fully saturated rings. The van der Waals surface area contributed by atoms with Gasteiger partial charge in [-0.15, -0.1) is 0 Å². The lowest BCUT2D eigenvalue weighted by Gasteiger charge is -2.15. The Balaban J connectivity index is 1.53. The van der Waals surface area contributed by atoms with E-state index in [1.54, 1.807) is 13.2 Å². The number of aryl methyl sites for hydroxylation is 1. The van der Waals surface area contributed by atoms with Gasteiger partial charge in [0.05, 0.1) is 6.61 Å². The van der Waals surface area contributed by atoms with E-state index in [4.69, 9.17) is 4.74 Å². The maximum Gasteiger partial charge on any atom is 0.511 e. The Hall–Kier alpha value is -2.11. The number of carbonyl (C=O) groups is 1. The fraction of sp³-hybridized carbons (Fsp3) is 0.591. The minimum absolute atomic E-state index is 0.205. The normalized spacial score (nSPS) is 14.4. The number of methoxy groups -OCH3 is 1. The molecule has 0 spiro atoms. The van der Waals surface area contributed by atoms with Gasteiger partial charge in [-0.25, -0.2) is 13.1 Å². The molecule has 0 bridgehead atoms. The number of nitrogens with zero attached hydrogens (tertiary/aromatic N) is 1. The van der Waals surface area contributed by atoms with Crippen LogP contribution in [0.4, 0.5) is 13.2 Å². The number of benzene rings is 1. The fourth-order valence-electron chi connectivity index (χ4n) is 4.23. The molecule has 1 aliphatic rings. The lowest BCUT2D eigenvalue weighted by atomic mass is 9.95. The van der Waals surface area contributed by atoms with Crippen LogP contribution in [-0.2, 0) is 34.1 Å². The van der Waals surface area contributed by atoms with Crippen LogP contribution in [0.3, 0.4) is 0 Å². The summed E-state index contributed by atoms with van der Waals surface area (Å²) in [5.74, 6) is -0.205. The Morgan fingerprint density at radius 2 is 1.85 bits per heavy atom. The molecule has 0 aliphatic heterocycles. The molecule has 2 aromatic rings. The molecular weight excluding hydrogens is 459 g/mol. The smallest absolute Gasteiger partial charge is 0.383 e. The van der Waals surface area contributed by atoms with Crippen LogP contribution in [0.25, 0.3) is 10.9 Å². The summed E-state index contributed by atoms with van der Waals surface area (Å²) in [5, 5.41) is 3.93. The molecule has 1 heterocycles. The first-order chi connectivity index (χ1) is 15.7. The number of amides is 1. The molecule has 1 aromatic heterocycles. The van der Waals surface area contributed by atoms with Gasteiger partial charge in [0.15, 0.2) is 0 Å². The van der Waals surface area contributed by atoms with Crippen molar-refractivity contribution in [3.63, 3.8) is 0 Å². The molecule has 7 nitrogen and oxygen atoms in total. The molecule has 184 valence electrons. The number of carbonyl (C=O) groups excluding carboxylic acids is 1. The van der Waals surface area contributed by atoms with E-state index in [9.17, 15) is 26.4 Å². The van der Waals surface area contributed by atoms with Gasteiger partial charge in [-0.3, -0.25) is 4.79 Å². The van der Waals surface area contributed by atoms with Crippen molar-refractivity contribution in [1.29, 1.82) is 0 Å². The van der Waals surface area contributed by atoms with Crippen molar-refractivity contribution in [3.8, 4) is 0 Å². The van der Waals surface area contributed by atoms with Crippen LogP contribution in [0.15, 0.2) is 18.2 Å². The van der Waals surface area contributed by atoms with Crippen molar-refractivity contribution in [1.82, 2.24) is 14.6 Å². The quantitative estimate of drug-likeness (QED) is 0.473. The average molecular weight is 490 g/mol. The first kappa shape index (κ1) is 25.5. The van der Waals surface area contributed by atoms with Gasteiger partial charge in [-0.05, 0) is 62.3 Å². The molecule has 1 aromatic carbocycles. The molecular formula is C22H30F3N3O4S. The van der Waals surface area contributed by atoms with Gasteiger partial charge in [0.25, 0.3) is 5.91 Å². The predicted molar refractivity (Wildman–Crippen MR) is 120 cm³/mol. The third kappa shape index (κ3) is 6.07. The number of rotatable bonds is 11. The maximum absolute atomic E-state index is 12.6. The topological polar surface area (TPSA) is 89.4 Å². The summed E-state index contributed by atoms with van der Waals surface area (Å²) in [6.45, 7) is 1.45. The maximum atomic E-state index is 12.6. The van der Waals surface area contributed by atoms with Crippen molar-refractivity contribution in [2.45, 2.75) is 57.0 Å². The molecule has 1 aliphatic carbocycles. The summed E-state index contributed by atoms with van der Waals surface area (Å²) in [7, 11) is -3.61. The number of aromatic nitrogens is 1. The third-order valence-electron chi connectivity index (χ3n) is 5.89. The Morgan fingerprint density at radius 1 is 1.12 bits per heavy atom. The van der Waals surface area contributed by atoms with Gasteiger partial charge in [0.1, 0.15) is 0 Å². The van der Waals surface area contributed by atoms with E-state index in [-0.39, 0.29) is 18.9 Å². The number of hydrogen-bond donors (Lipinski definition) is 2. The summed E-state index contributed by atoms with van der Waals surface area (Å²) in [4.78, 5) is 12.6. The molecule has 11 heteroatoms. The average Bonchev–Trinajstić information content (AvgIpc) is 3.09. The zero-order chi connectivity index (χ0) is 24.1. The molecule has 0 saturated heterocycles. The van der Waals surface area contributed by atoms with Crippen LogP contribution < -0.4 is 10.0 Å². The minimum Gasteiger partial charge on any atom is -0.383 e. The van der Waals surface area contributed by atoms with E-state index in [1.165, 1.54) is 16.0 Å². The van der Waals surface area contributed by atoms with E-state index in [0.717, 1.165) is 43.1 Å². The summed E-state index contributed by atoms with van der Waals surface area (Å²) in [6, 6.07) is 5.72. The van der Waals surface area contributed by atoms with Crippen LogP contribution >= 0.6 is 0 Å². The van der Waals surface area contributed by atoms with E-state index in [1.807, 2.05) is 12.1 Å². The summed E-state index contributed by atoms with van der Waals surface area (Å²) in [5.41, 5.74) is -0.989. The van der Waals surface area contributed by atoms with Crippen LogP contribution in [-0.4, -0.2) is 51.2 Å². The Morgan fingerprint density at radius 3 is 2.58 bits per heavy atom. The van der Waals surface area contributed by atoms with Gasteiger partial charge in [-0.1, -0.05) is 6.42 Å². The summed E-state index contributed by atoms with van der Waals surface area (Å²) < 4.78 is 67.7. The molecule has 2 N–H and O–H groups in total. The molecule has 0 unspecified atom stereocenters. The van der Waals surface area contributed by atoms with Gasteiger partial charge in [0.2, 0.25) is 0 Å². The van der Waals surface area contributed by atoms with Gasteiger partial charge >= 0.3 is 15.5 Å². The molecule has 3 rings (SSSR count). The second-order valence-corrected chi connectivity index (χ2v) is 9.93. The third-order valence-corrected chi connectivity index (χ3v) is 7.09. The number of hydrogen-bond acceptors (Lipinski definition) is 4. The van der Waals surface area contributed by atoms with Gasteiger partial charge < -0.3 is 14.6 Å². The number of alkyl halides is 3. The highest BCUT2D eigenvalue weighted by Gasteiger charge is 2.45. The van der Waals surface area contributed by atoms with Crippen molar-refractivity contribution >= 4 is 26.8 Å². The number of fused-ring (bicyclic) bond motifs is 3. The van der Waals surface area contributed by atoms with E-state index >= 15 is 0 Å². The van der Waals surface area contributed by atoms with Gasteiger partial charge in [0, 0.05) is 48.9 Å². The first-order valence-electron chi connectivity index (χ1n) is 11.1. The predicted octanol–water partition coefficient (Wildman–Crippen LogP) is 3.51. The summed E-state index contributed by atoms with van der Waals surface area (Å²) >= 11 is 0. The molecule has 33 heavy (non-hydrogen) atoms. The molecule has 1 amide bonds. The lowest BCUT2D eigenvalue weighted by Crippen LogP contribution is -2.36. The van der Waals surface area contributed by atoms with Crippen molar-refractivity contribution in [2.75, 3.05) is 26.8 Å². The first-order valence-corrected chi connectivity index (χ1v) is 12.6. The SMILES string of the molecule is COCCn1c2c(c3cc(C(=O)NCCCCCNS(=O)(=O)C(F)(F)F)ccc31)CCCC2. The molecule has 0 radical (unpaired) electrons. The second-order valence-electron chi connectivity index (χ2n) is 8.17. The lowest BCUT2D eigenvalue weighted by molar-refractivity contribution is -0.0447. The number of sulfonamides is 1. The highest BCUT2D eigenvalue weighted by Crippen LogP contribution is 2.33. The Labute approximate surface area is 191 Å². The van der Waals surface area contributed by atoms with E-state index in [0.29, 0.717) is 31.6 Å². The number of unbranched alkanes of at least 4 members (excludes halogenated alkanes) is 2. The Kier molecular flexibility index (Phi) is 8.41. The van der Waals surface area contributed by atoms with Crippen molar-refractivity contribution in [3.05, 3.63) is 35.0 Å². The largest absolute Gasteiger partial charge is 0.511 e.